The van der Waals surface area contributed by atoms with Crippen LogP contribution in [0.4, 0.5) is 10.5 Å². The van der Waals surface area contributed by atoms with Crippen molar-refractivity contribution in [2.45, 2.75) is 37.8 Å². The van der Waals surface area contributed by atoms with Crippen molar-refractivity contribution in [3.05, 3.63) is 45.5 Å². The number of aliphatic carboxylic acids is 1. The van der Waals surface area contributed by atoms with Gasteiger partial charge in [0.1, 0.15) is 0 Å². The predicted molar refractivity (Wildman–Crippen MR) is 83.6 cm³/mol. The first kappa shape index (κ1) is 16.0. The van der Waals surface area contributed by atoms with Gasteiger partial charge in [0.25, 0.3) is 5.69 Å². The summed E-state index contributed by atoms with van der Waals surface area (Å²) in [5, 5.41) is 29.7. The van der Waals surface area contributed by atoms with Crippen molar-refractivity contribution >= 4 is 23.3 Å². The van der Waals surface area contributed by atoms with E-state index >= 15 is 0 Å². The number of hydrogen-bond acceptors (Lipinski definition) is 4. The van der Waals surface area contributed by atoms with Crippen LogP contribution in [0.2, 0.25) is 0 Å². The number of rotatable bonds is 3. The number of nitrogens with zero attached hydrogens (tertiary/aromatic N) is 2. The van der Waals surface area contributed by atoms with Crippen LogP contribution in [0.15, 0.2) is 29.8 Å². The molecule has 1 saturated heterocycles. The predicted octanol–water partition coefficient (Wildman–Crippen LogP) is 2.74. The van der Waals surface area contributed by atoms with Gasteiger partial charge in [0.05, 0.1) is 4.92 Å². The molecule has 2 heterocycles. The van der Waals surface area contributed by atoms with E-state index < -0.39 is 17.0 Å². The van der Waals surface area contributed by atoms with Crippen LogP contribution in [-0.4, -0.2) is 44.2 Å². The van der Waals surface area contributed by atoms with E-state index in [4.69, 9.17) is 0 Å². The lowest BCUT2D eigenvalue weighted by Gasteiger charge is -2.25. The summed E-state index contributed by atoms with van der Waals surface area (Å²) in [5.74, 6) is -1.07. The SMILES string of the molecule is O=C(O)C1=C(c2ccc([N+](=O)[O-])cc2)CC2CCC(C1)N2C(=O)O. The molecule has 1 aromatic carbocycles. The maximum Gasteiger partial charge on any atom is 0.407 e. The average molecular weight is 332 g/mol. The molecule has 0 saturated carbocycles. The molecule has 0 radical (unpaired) electrons. The minimum atomic E-state index is -1.07. The second-order valence-corrected chi connectivity index (χ2v) is 6.05. The van der Waals surface area contributed by atoms with E-state index in [-0.39, 0.29) is 29.8 Å². The van der Waals surface area contributed by atoms with E-state index in [0.717, 1.165) is 0 Å². The molecule has 126 valence electrons. The third-order valence-electron chi connectivity index (χ3n) is 4.77. The fourth-order valence-corrected chi connectivity index (χ4v) is 3.68. The van der Waals surface area contributed by atoms with Crippen LogP contribution >= 0.6 is 0 Å². The maximum absolute atomic E-state index is 11.7. The van der Waals surface area contributed by atoms with Gasteiger partial charge in [0.15, 0.2) is 0 Å². The van der Waals surface area contributed by atoms with Crippen LogP contribution in [0.25, 0.3) is 5.57 Å². The Kier molecular flexibility index (Phi) is 3.96. The van der Waals surface area contributed by atoms with Crippen molar-refractivity contribution < 1.29 is 24.7 Å². The summed E-state index contributed by atoms with van der Waals surface area (Å²) in [7, 11) is 0. The monoisotopic (exact) mass is 332 g/mol. The molecular weight excluding hydrogens is 316 g/mol. The topological polar surface area (TPSA) is 121 Å². The van der Waals surface area contributed by atoms with Crippen LogP contribution in [-0.2, 0) is 4.79 Å². The summed E-state index contributed by atoms with van der Waals surface area (Å²) in [5.41, 5.74) is 1.28. The molecule has 0 aromatic heterocycles. The Morgan fingerprint density at radius 1 is 1.08 bits per heavy atom. The molecule has 2 aliphatic heterocycles. The first-order valence-electron chi connectivity index (χ1n) is 7.60. The van der Waals surface area contributed by atoms with Crippen LogP contribution < -0.4 is 0 Å². The number of nitro groups is 1. The number of carboxylic acid groups (broad SMARTS) is 2. The lowest BCUT2D eigenvalue weighted by molar-refractivity contribution is -0.384. The minimum absolute atomic E-state index is 0.0708. The van der Waals surface area contributed by atoms with Gasteiger partial charge >= 0.3 is 12.1 Å². The molecule has 1 fully saturated rings. The standard InChI is InChI=1S/C16H16N2O6/c19-15(20)14-8-12-6-5-11(17(12)16(21)22)7-13(14)9-1-3-10(4-2-9)18(23)24/h1-4,11-12H,5-8H2,(H,19,20)(H,21,22). The fourth-order valence-electron chi connectivity index (χ4n) is 3.68. The molecule has 2 aliphatic rings. The highest BCUT2D eigenvalue weighted by molar-refractivity contribution is 5.97. The molecule has 24 heavy (non-hydrogen) atoms. The molecule has 0 spiro atoms. The Hall–Kier alpha value is -2.90. The Morgan fingerprint density at radius 3 is 2.17 bits per heavy atom. The highest BCUT2D eigenvalue weighted by Gasteiger charge is 2.41. The van der Waals surface area contributed by atoms with E-state index in [1.807, 2.05) is 0 Å². The van der Waals surface area contributed by atoms with Crippen molar-refractivity contribution in [1.82, 2.24) is 4.90 Å². The average Bonchev–Trinajstić information content (AvgIpc) is 2.82. The van der Waals surface area contributed by atoms with Crippen LogP contribution in [0, 0.1) is 10.1 Å². The molecule has 1 aromatic rings. The molecule has 1 amide bonds. The first-order valence-corrected chi connectivity index (χ1v) is 7.60. The quantitative estimate of drug-likeness (QED) is 0.648. The van der Waals surface area contributed by atoms with Gasteiger partial charge < -0.3 is 15.1 Å². The van der Waals surface area contributed by atoms with E-state index in [1.54, 1.807) is 0 Å². The Bertz CT molecular complexity index is 739. The first-order chi connectivity index (χ1) is 11.4. The van der Waals surface area contributed by atoms with Gasteiger partial charge in [-0.25, -0.2) is 9.59 Å². The maximum atomic E-state index is 11.7. The highest BCUT2D eigenvalue weighted by atomic mass is 16.6. The number of hydrogen-bond donors (Lipinski definition) is 2. The largest absolute Gasteiger partial charge is 0.478 e. The van der Waals surface area contributed by atoms with Crippen molar-refractivity contribution in [3.8, 4) is 0 Å². The van der Waals surface area contributed by atoms with Crippen molar-refractivity contribution in [3.63, 3.8) is 0 Å². The van der Waals surface area contributed by atoms with E-state index in [0.29, 0.717) is 30.4 Å². The zero-order valence-corrected chi connectivity index (χ0v) is 12.7. The van der Waals surface area contributed by atoms with Gasteiger partial charge in [0.2, 0.25) is 0 Å². The second kappa shape index (κ2) is 5.95. The lowest BCUT2D eigenvalue weighted by Crippen LogP contribution is -2.39. The molecule has 8 heteroatoms. The third-order valence-corrected chi connectivity index (χ3v) is 4.77. The van der Waals surface area contributed by atoms with E-state index in [1.165, 1.54) is 29.2 Å². The van der Waals surface area contributed by atoms with Gasteiger partial charge in [-0.1, -0.05) is 0 Å². The summed E-state index contributed by atoms with van der Waals surface area (Å²) in [6.45, 7) is 0. The minimum Gasteiger partial charge on any atom is -0.478 e. The number of non-ortho nitro benzene ring substituents is 1. The van der Waals surface area contributed by atoms with Gasteiger partial charge in [-0.15, -0.1) is 0 Å². The summed E-state index contributed by atoms with van der Waals surface area (Å²) in [6.07, 6.45) is 0.783. The van der Waals surface area contributed by atoms with E-state index in [2.05, 4.69) is 0 Å². The highest BCUT2D eigenvalue weighted by Crippen LogP contribution is 2.40. The number of fused-ring (bicyclic) bond motifs is 2. The fraction of sp³-hybridized carbons (Fsp3) is 0.375. The summed E-state index contributed by atoms with van der Waals surface area (Å²) in [6, 6.07) is 5.14. The number of nitro benzene ring substituents is 1. The number of amides is 1. The number of carboxylic acids is 1. The summed E-state index contributed by atoms with van der Waals surface area (Å²) < 4.78 is 0. The zero-order valence-electron chi connectivity index (χ0n) is 12.7. The summed E-state index contributed by atoms with van der Waals surface area (Å²) >= 11 is 0. The Labute approximate surface area is 137 Å². The molecule has 2 bridgehead atoms. The van der Waals surface area contributed by atoms with Crippen LogP contribution in [0.1, 0.15) is 31.2 Å². The molecular formula is C16H16N2O6. The normalized spacial score (nSPS) is 23.1. The smallest absolute Gasteiger partial charge is 0.407 e. The molecule has 8 nitrogen and oxygen atoms in total. The number of benzene rings is 1. The zero-order chi connectivity index (χ0) is 17.4. The van der Waals surface area contributed by atoms with E-state index in [9.17, 15) is 29.9 Å². The van der Waals surface area contributed by atoms with Gasteiger partial charge in [-0.05, 0) is 42.5 Å². The van der Waals surface area contributed by atoms with Crippen LogP contribution in [0.3, 0.4) is 0 Å². The van der Waals surface area contributed by atoms with Crippen LogP contribution in [0.5, 0.6) is 0 Å². The Balaban J connectivity index is 2.02. The van der Waals surface area contributed by atoms with Gasteiger partial charge in [0, 0.05) is 36.2 Å². The second-order valence-electron chi connectivity index (χ2n) is 6.05. The van der Waals surface area contributed by atoms with Crippen molar-refractivity contribution in [1.29, 1.82) is 0 Å². The molecule has 2 unspecified atom stereocenters. The lowest BCUT2D eigenvalue weighted by atomic mass is 9.89. The number of carbonyl (C=O) groups is 2. The molecule has 2 atom stereocenters. The summed E-state index contributed by atoms with van der Waals surface area (Å²) in [4.78, 5) is 34.8. The Morgan fingerprint density at radius 2 is 1.67 bits per heavy atom. The molecule has 0 aliphatic carbocycles. The van der Waals surface area contributed by atoms with Gasteiger partial charge in [-0.3, -0.25) is 10.1 Å². The molecule has 3 rings (SSSR count). The molecule has 2 N–H and O–H groups in total. The van der Waals surface area contributed by atoms with Crippen molar-refractivity contribution in [2.24, 2.45) is 0 Å². The van der Waals surface area contributed by atoms with Crippen molar-refractivity contribution in [2.75, 3.05) is 0 Å². The van der Waals surface area contributed by atoms with Gasteiger partial charge in [-0.2, -0.15) is 0 Å². The third kappa shape index (κ3) is 2.70.